The van der Waals surface area contributed by atoms with Crippen molar-refractivity contribution in [3.63, 3.8) is 0 Å². The number of nitrogens with one attached hydrogen (secondary N) is 1. The number of aliphatic hydroxyl groups excluding tert-OH is 2. The molecule has 0 fully saturated rings. The van der Waals surface area contributed by atoms with Gasteiger partial charge >= 0.3 is 5.97 Å². The van der Waals surface area contributed by atoms with E-state index in [0.717, 1.165) is 38.5 Å². The van der Waals surface area contributed by atoms with Crippen LogP contribution in [0.2, 0.25) is 0 Å². The summed E-state index contributed by atoms with van der Waals surface area (Å²) in [5.74, 6) is -0.0122. The van der Waals surface area contributed by atoms with E-state index in [0.29, 0.717) is 25.9 Å². The highest BCUT2D eigenvalue weighted by molar-refractivity contribution is 5.76. The van der Waals surface area contributed by atoms with Crippen molar-refractivity contribution in [2.24, 2.45) is 0 Å². The van der Waals surface area contributed by atoms with E-state index < -0.39 is 12.1 Å². The Bertz CT molecular complexity index is 1400. The van der Waals surface area contributed by atoms with Crippen LogP contribution in [-0.4, -0.2) is 47.4 Å². The molecule has 0 bridgehead atoms. The lowest BCUT2D eigenvalue weighted by atomic mass is 10.0. The van der Waals surface area contributed by atoms with Crippen LogP contribution in [0.5, 0.6) is 0 Å². The quantitative estimate of drug-likeness (QED) is 0.0320. The number of carbonyl (C=O) groups excluding carboxylic acids is 2. The molecule has 1 amide bonds. The summed E-state index contributed by atoms with van der Waals surface area (Å²) in [6.45, 7) is 5.00. The van der Waals surface area contributed by atoms with Crippen molar-refractivity contribution in [3.8, 4) is 0 Å². The Morgan fingerprint density at radius 1 is 0.303 bits per heavy atom. The summed E-state index contributed by atoms with van der Waals surface area (Å²) in [6, 6.07) is -0.543. The second kappa shape index (κ2) is 78.8. The van der Waals surface area contributed by atoms with Gasteiger partial charge < -0.3 is 20.3 Å². The third-order valence-electron chi connectivity index (χ3n) is 19.5. The van der Waals surface area contributed by atoms with Gasteiger partial charge in [0.25, 0.3) is 0 Å². The molecule has 6 heteroatoms. The standard InChI is InChI=1S/C83H161NO5/c1-3-5-7-9-11-13-15-17-19-21-23-24-25-30-33-36-40-43-47-51-55-59-63-67-71-75-81(86)80(79-85)84-82(87)76-72-68-64-60-56-52-48-44-41-37-34-31-28-26-27-29-32-35-38-42-46-50-54-58-62-66-70-74-78-89-83(88)77-73-69-65-61-57-53-49-45-39-22-20-18-16-14-12-10-8-6-4-2/h18,20,26-27,80-81,85-86H,3-17,19,21-25,28-79H2,1-2H3,(H,84,87)/b20-18-,27-26-. The summed E-state index contributed by atoms with van der Waals surface area (Å²) in [4.78, 5) is 24.7. The van der Waals surface area contributed by atoms with E-state index in [1.807, 2.05) is 0 Å². The van der Waals surface area contributed by atoms with E-state index in [-0.39, 0.29) is 18.5 Å². The fourth-order valence-corrected chi connectivity index (χ4v) is 13.2. The number of hydrogen-bond donors (Lipinski definition) is 3. The molecule has 0 aliphatic heterocycles. The summed E-state index contributed by atoms with van der Waals surface area (Å²) in [5, 5.41) is 23.5. The van der Waals surface area contributed by atoms with Gasteiger partial charge in [-0.2, -0.15) is 0 Å². The average molecular weight is 1250 g/mol. The van der Waals surface area contributed by atoms with E-state index in [1.54, 1.807) is 0 Å². The van der Waals surface area contributed by atoms with E-state index in [1.165, 1.54) is 398 Å². The number of allylic oxidation sites excluding steroid dienone is 4. The Balaban J connectivity index is 3.37. The van der Waals surface area contributed by atoms with Crippen molar-refractivity contribution in [1.29, 1.82) is 0 Å². The maximum Gasteiger partial charge on any atom is 0.305 e. The zero-order valence-electron chi connectivity index (χ0n) is 60.7. The highest BCUT2D eigenvalue weighted by Gasteiger charge is 2.20. The smallest absolute Gasteiger partial charge is 0.305 e. The topological polar surface area (TPSA) is 95.9 Å². The molecule has 89 heavy (non-hydrogen) atoms. The SMILES string of the molecule is CCCCCCCC/C=C\CCCCCCCCCCCC(=O)OCCCCCCCCCCCCCC/C=C\CCCCCCCCCCCCCCC(=O)NC(CO)C(O)CCCCCCCCCCCCCCCCCCCCCCCCCCC. The van der Waals surface area contributed by atoms with Crippen LogP contribution in [0.3, 0.4) is 0 Å². The van der Waals surface area contributed by atoms with Crippen LogP contribution in [0.4, 0.5) is 0 Å². The number of rotatable bonds is 78. The lowest BCUT2D eigenvalue weighted by Gasteiger charge is -2.22. The molecule has 3 N–H and O–H groups in total. The molecule has 0 rings (SSSR count). The van der Waals surface area contributed by atoms with E-state index in [2.05, 4.69) is 43.5 Å². The molecule has 0 aliphatic carbocycles. The van der Waals surface area contributed by atoms with Gasteiger partial charge in [-0.3, -0.25) is 9.59 Å². The van der Waals surface area contributed by atoms with E-state index >= 15 is 0 Å². The number of aliphatic hydroxyl groups is 2. The molecule has 0 spiro atoms. The maximum atomic E-state index is 12.6. The molecule has 0 saturated heterocycles. The summed E-state index contributed by atoms with van der Waals surface area (Å²) in [6.07, 6.45) is 101. The third-order valence-corrected chi connectivity index (χ3v) is 19.5. The first kappa shape index (κ1) is 87.3. The largest absolute Gasteiger partial charge is 0.466 e. The molecule has 0 aromatic carbocycles. The van der Waals surface area contributed by atoms with Gasteiger partial charge in [0.2, 0.25) is 5.91 Å². The van der Waals surface area contributed by atoms with Crippen molar-refractivity contribution >= 4 is 11.9 Å². The molecule has 528 valence electrons. The number of ether oxygens (including phenoxy) is 1. The predicted molar refractivity (Wildman–Crippen MR) is 393 cm³/mol. The Morgan fingerprint density at radius 2 is 0.528 bits per heavy atom. The van der Waals surface area contributed by atoms with Crippen LogP contribution in [0.1, 0.15) is 470 Å². The molecular formula is C83H161NO5. The van der Waals surface area contributed by atoms with Gasteiger partial charge in [0.1, 0.15) is 0 Å². The van der Waals surface area contributed by atoms with Gasteiger partial charge in [-0.05, 0) is 77.0 Å². The molecule has 6 nitrogen and oxygen atoms in total. The lowest BCUT2D eigenvalue weighted by molar-refractivity contribution is -0.143. The number of carbonyl (C=O) groups is 2. The minimum atomic E-state index is -0.666. The first-order valence-electron chi connectivity index (χ1n) is 41.1. The van der Waals surface area contributed by atoms with Crippen LogP contribution in [0.15, 0.2) is 24.3 Å². The average Bonchev–Trinajstić information content (AvgIpc) is 3.57. The summed E-state index contributed by atoms with van der Waals surface area (Å²) >= 11 is 0. The zero-order chi connectivity index (χ0) is 64.2. The first-order valence-corrected chi connectivity index (χ1v) is 41.1. The molecule has 0 heterocycles. The second-order valence-corrected chi connectivity index (χ2v) is 28.5. The van der Waals surface area contributed by atoms with Crippen molar-refractivity contribution in [3.05, 3.63) is 24.3 Å². The molecule has 0 saturated carbocycles. The normalized spacial score (nSPS) is 12.5. The Kier molecular flexibility index (Phi) is 77.3. The van der Waals surface area contributed by atoms with Crippen LogP contribution >= 0.6 is 0 Å². The van der Waals surface area contributed by atoms with Gasteiger partial charge in [0, 0.05) is 12.8 Å². The summed E-state index contributed by atoms with van der Waals surface area (Å²) in [7, 11) is 0. The van der Waals surface area contributed by atoms with Crippen LogP contribution < -0.4 is 5.32 Å². The summed E-state index contributed by atoms with van der Waals surface area (Å²) < 4.78 is 5.52. The fraction of sp³-hybridized carbons (Fsp3) is 0.928. The molecular weight excluding hydrogens is 1090 g/mol. The van der Waals surface area contributed by atoms with Crippen LogP contribution in [0, 0.1) is 0 Å². The molecule has 0 aromatic heterocycles. The first-order chi connectivity index (χ1) is 44.0. The summed E-state index contributed by atoms with van der Waals surface area (Å²) in [5.41, 5.74) is 0. The predicted octanol–water partition coefficient (Wildman–Crippen LogP) is 27.2. The van der Waals surface area contributed by atoms with Crippen molar-refractivity contribution < 1.29 is 24.5 Å². The Hall–Kier alpha value is -1.66. The van der Waals surface area contributed by atoms with Crippen LogP contribution in [0.25, 0.3) is 0 Å². The molecule has 2 atom stereocenters. The molecule has 0 aromatic rings. The minimum absolute atomic E-state index is 0.0168. The van der Waals surface area contributed by atoms with E-state index in [9.17, 15) is 19.8 Å². The fourth-order valence-electron chi connectivity index (χ4n) is 13.2. The van der Waals surface area contributed by atoms with Gasteiger partial charge in [0.15, 0.2) is 0 Å². The Morgan fingerprint density at radius 3 is 0.798 bits per heavy atom. The molecule has 0 radical (unpaired) electrons. The minimum Gasteiger partial charge on any atom is -0.466 e. The zero-order valence-corrected chi connectivity index (χ0v) is 60.7. The molecule has 2 unspecified atom stereocenters. The van der Waals surface area contributed by atoms with Gasteiger partial charge in [-0.1, -0.05) is 404 Å². The van der Waals surface area contributed by atoms with Gasteiger partial charge in [0.05, 0.1) is 25.4 Å². The van der Waals surface area contributed by atoms with Crippen LogP contribution in [-0.2, 0) is 14.3 Å². The van der Waals surface area contributed by atoms with Gasteiger partial charge in [-0.15, -0.1) is 0 Å². The Labute approximate surface area is 558 Å². The third kappa shape index (κ3) is 75.3. The number of hydrogen-bond acceptors (Lipinski definition) is 5. The van der Waals surface area contributed by atoms with Crippen molar-refractivity contribution in [2.75, 3.05) is 13.2 Å². The monoisotopic (exact) mass is 1250 g/mol. The van der Waals surface area contributed by atoms with Crippen molar-refractivity contribution in [1.82, 2.24) is 5.32 Å². The van der Waals surface area contributed by atoms with E-state index in [4.69, 9.17) is 4.74 Å². The number of esters is 1. The molecule has 0 aliphatic rings. The number of amides is 1. The second-order valence-electron chi connectivity index (χ2n) is 28.5. The maximum absolute atomic E-state index is 12.6. The highest BCUT2D eigenvalue weighted by atomic mass is 16.5. The number of unbranched alkanes of at least 4 members (excludes halogenated alkanes) is 63. The van der Waals surface area contributed by atoms with Crippen molar-refractivity contribution in [2.45, 2.75) is 482 Å². The van der Waals surface area contributed by atoms with Gasteiger partial charge in [-0.25, -0.2) is 0 Å². The lowest BCUT2D eigenvalue weighted by Crippen LogP contribution is -2.45. The highest BCUT2D eigenvalue weighted by Crippen LogP contribution is 2.20.